The van der Waals surface area contributed by atoms with Crippen LogP contribution >= 0.6 is 9.19 Å². The van der Waals surface area contributed by atoms with Gasteiger partial charge in [0.1, 0.15) is 0 Å². The van der Waals surface area contributed by atoms with Crippen LogP contribution in [0.15, 0.2) is 30.3 Å². The zero-order valence-corrected chi connectivity index (χ0v) is 9.94. The molecule has 70 valence electrons. The molecule has 0 aromatic heterocycles. The molecule has 1 nitrogen and oxygen atoms in total. The molecule has 0 fully saturated rings. The van der Waals surface area contributed by atoms with E-state index in [0.29, 0.717) is 0 Å². The van der Waals surface area contributed by atoms with Gasteiger partial charge in [0.15, 0.2) is 0 Å². The minimum atomic E-state index is -0.256. The standard InChI is InChI=1S/C9H11N.Au.ClH/c1-10(2)8-9-6-4-3-5-7-9;;/h3-7H,1-2H3;;1H/q;+1;/p-1. The van der Waals surface area contributed by atoms with Crippen molar-refractivity contribution in [2.75, 3.05) is 14.1 Å². The molecule has 0 saturated heterocycles. The van der Waals surface area contributed by atoms with Crippen LogP contribution < -0.4 is 0 Å². The second-order valence-corrected chi connectivity index (χ2v) is 4.94. The Bertz CT molecular complexity index is 269. The number of nitrogens with zero attached hydrogens (tertiary/aromatic N) is 1. The van der Waals surface area contributed by atoms with Gasteiger partial charge < -0.3 is 0 Å². The first-order valence-corrected chi connectivity index (χ1v) is 7.31. The Morgan fingerprint density at radius 2 is 1.83 bits per heavy atom. The molecule has 12 heavy (non-hydrogen) atoms. The zero-order valence-electron chi connectivity index (χ0n) is 7.01. The Labute approximate surface area is 86.0 Å². The summed E-state index contributed by atoms with van der Waals surface area (Å²) in [4.78, 5) is 2.09. The molecular weight excluding hydrogens is 355 g/mol. The van der Waals surface area contributed by atoms with Crippen LogP contribution in [0, 0.1) is 0 Å². The molecule has 0 unspecified atom stereocenters. The number of hydrogen-bond acceptors (Lipinski definition) is 1. The first kappa shape index (κ1) is 10.2. The van der Waals surface area contributed by atoms with Crippen molar-refractivity contribution in [1.82, 2.24) is 4.90 Å². The fraction of sp³-hybridized carbons (Fsp3) is 0.222. The van der Waals surface area contributed by atoms with E-state index in [1.54, 1.807) is 0 Å². The second-order valence-electron chi connectivity index (χ2n) is 2.57. The molecular formula is C9H11AuClN. The van der Waals surface area contributed by atoms with Gasteiger partial charge in [0, 0.05) is 0 Å². The second kappa shape index (κ2) is 4.95. The average molecular weight is 366 g/mol. The molecule has 0 amide bonds. The van der Waals surface area contributed by atoms with E-state index in [2.05, 4.69) is 17.0 Å². The molecule has 0 N–H and O–H groups in total. The zero-order chi connectivity index (χ0) is 8.97. The van der Waals surface area contributed by atoms with E-state index >= 15 is 0 Å². The summed E-state index contributed by atoms with van der Waals surface area (Å²) in [6.45, 7) is 0. The van der Waals surface area contributed by atoms with Crippen molar-refractivity contribution in [2.24, 2.45) is 0 Å². The third kappa shape index (κ3) is 2.54. The van der Waals surface area contributed by atoms with Gasteiger partial charge in [-0.3, -0.25) is 0 Å². The molecule has 1 rings (SSSR count). The van der Waals surface area contributed by atoms with Crippen LogP contribution in [-0.4, -0.2) is 22.8 Å². The molecule has 0 aliphatic rings. The summed E-state index contributed by atoms with van der Waals surface area (Å²) in [6.07, 6.45) is 0. The van der Waals surface area contributed by atoms with Crippen LogP contribution in [0.25, 0.3) is 0 Å². The third-order valence-corrected chi connectivity index (χ3v) is 4.27. The van der Waals surface area contributed by atoms with Gasteiger partial charge in [0.05, 0.1) is 0 Å². The molecule has 1 aromatic carbocycles. The molecule has 0 aliphatic heterocycles. The average Bonchev–Trinajstić information content (AvgIpc) is 2.07. The Morgan fingerprint density at radius 1 is 1.25 bits per heavy atom. The summed E-state index contributed by atoms with van der Waals surface area (Å²) in [5.41, 5.74) is 1.24. The summed E-state index contributed by atoms with van der Waals surface area (Å²) in [6, 6.07) is 10.3. The predicted octanol–water partition coefficient (Wildman–Crippen LogP) is 1.96. The third-order valence-electron chi connectivity index (χ3n) is 1.40. The monoisotopic (exact) mass is 365 g/mol. The van der Waals surface area contributed by atoms with Crippen LogP contribution in [0.3, 0.4) is 0 Å². The molecule has 0 aliphatic carbocycles. The number of rotatable bonds is 2. The maximum absolute atomic E-state index is 5.92. The van der Waals surface area contributed by atoms with Crippen molar-refractivity contribution in [3.8, 4) is 0 Å². The van der Waals surface area contributed by atoms with Gasteiger partial charge >= 0.3 is 86.1 Å². The molecule has 0 atom stereocenters. The summed E-state index contributed by atoms with van der Waals surface area (Å²) in [5, 5.41) is 0. The SMILES string of the molecule is CN(C)[C](=[Au][Cl])c1ccccc1. The first-order valence-electron chi connectivity index (χ1n) is 3.54. The maximum atomic E-state index is 5.92. The van der Waals surface area contributed by atoms with Crippen molar-refractivity contribution < 1.29 is 18.2 Å². The minimum absolute atomic E-state index is 0.256. The fourth-order valence-corrected chi connectivity index (χ4v) is 3.24. The van der Waals surface area contributed by atoms with Crippen LogP contribution in [0.2, 0.25) is 0 Å². The summed E-state index contributed by atoms with van der Waals surface area (Å²) in [7, 11) is 9.97. The van der Waals surface area contributed by atoms with E-state index in [9.17, 15) is 0 Å². The Kier molecular flexibility index (Phi) is 4.19. The van der Waals surface area contributed by atoms with E-state index in [1.807, 2.05) is 32.3 Å². The van der Waals surface area contributed by atoms with E-state index in [1.165, 1.54) is 9.41 Å². The van der Waals surface area contributed by atoms with Gasteiger partial charge in [-0.25, -0.2) is 0 Å². The van der Waals surface area contributed by atoms with E-state index in [0.717, 1.165) is 0 Å². The van der Waals surface area contributed by atoms with Crippen molar-refractivity contribution in [3.63, 3.8) is 0 Å². The van der Waals surface area contributed by atoms with Gasteiger partial charge in [0.2, 0.25) is 0 Å². The van der Waals surface area contributed by atoms with Crippen LogP contribution in [0.4, 0.5) is 0 Å². The number of benzene rings is 1. The van der Waals surface area contributed by atoms with Crippen LogP contribution in [-0.2, 0) is 18.2 Å². The van der Waals surface area contributed by atoms with Gasteiger partial charge in [-0.05, 0) is 0 Å². The fourth-order valence-electron chi connectivity index (χ4n) is 0.905. The Hall–Kier alpha value is 0.0803. The normalized spacial score (nSPS) is 13.5. The first-order chi connectivity index (χ1) is 5.75. The molecule has 0 saturated carbocycles. The van der Waals surface area contributed by atoms with Crippen LogP contribution in [0.1, 0.15) is 5.56 Å². The molecule has 0 radical (unpaired) electrons. The molecule has 0 bridgehead atoms. The summed E-state index contributed by atoms with van der Waals surface area (Å²) in [5.74, 6) is 0. The van der Waals surface area contributed by atoms with Gasteiger partial charge in [-0.2, -0.15) is 0 Å². The predicted molar refractivity (Wildman–Crippen MR) is 50.1 cm³/mol. The Balaban J connectivity index is 2.97. The van der Waals surface area contributed by atoms with E-state index in [-0.39, 0.29) is 18.2 Å². The molecule has 3 heteroatoms. The van der Waals surface area contributed by atoms with Gasteiger partial charge in [-0.15, -0.1) is 0 Å². The van der Waals surface area contributed by atoms with Crippen molar-refractivity contribution in [2.45, 2.75) is 0 Å². The van der Waals surface area contributed by atoms with Crippen molar-refractivity contribution in [1.29, 1.82) is 0 Å². The van der Waals surface area contributed by atoms with Crippen LogP contribution in [0.5, 0.6) is 0 Å². The van der Waals surface area contributed by atoms with E-state index in [4.69, 9.17) is 9.19 Å². The Morgan fingerprint density at radius 3 is 2.25 bits per heavy atom. The number of hydrogen-bond donors (Lipinski definition) is 0. The quantitative estimate of drug-likeness (QED) is 0.724. The summed E-state index contributed by atoms with van der Waals surface area (Å²) < 4.78 is 1.25. The molecule has 0 spiro atoms. The van der Waals surface area contributed by atoms with Crippen molar-refractivity contribution >= 4 is 13.0 Å². The molecule has 0 heterocycles. The topological polar surface area (TPSA) is 3.24 Å². The van der Waals surface area contributed by atoms with Gasteiger partial charge in [-0.1, -0.05) is 0 Å². The molecule has 1 aromatic rings. The van der Waals surface area contributed by atoms with E-state index < -0.39 is 0 Å². The van der Waals surface area contributed by atoms with Gasteiger partial charge in [0.25, 0.3) is 0 Å². The van der Waals surface area contributed by atoms with Crippen molar-refractivity contribution in [3.05, 3.63) is 35.9 Å². The number of halogens is 1. The summed E-state index contributed by atoms with van der Waals surface area (Å²) >= 11 is -0.256.